The van der Waals surface area contributed by atoms with Gasteiger partial charge in [-0.25, -0.2) is 4.68 Å². The molecule has 2 aromatic rings. The van der Waals surface area contributed by atoms with Crippen LogP contribution >= 0.6 is 0 Å². The van der Waals surface area contributed by atoms with Crippen LogP contribution in [0, 0.1) is 18.8 Å². The topological polar surface area (TPSA) is 51.1 Å². The van der Waals surface area contributed by atoms with Crippen LogP contribution in [-0.2, 0) is 13.0 Å². The number of nitrogens with zero attached hydrogens (tertiary/aromatic N) is 2. The van der Waals surface area contributed by atoms with Crippen LogP contribution in [0.2, 0.25) is 0 Å². The van der Waals surface area contributed by atoms with Crippen molar-refractivity contribution in [3.63, 3.8) is 0 Å². The monoisotopic (exact) mass is 312 g/mol. The second-order valence-corrected chi connectivity index (χ2v) is 6.75. The molecular weight excluding hydrogens is 288 g/mol. The molecule has 4 rings (SSSR count). The first kappa shape index (κ1) is 14.6. The third-order valence-electron chi connectivity index (χ3n) is 4.73. The summed E-state index contributed by atoms with van der Waals surface area (Å²) in [4.78, 5) is 0. The normalized spacial score (nSPS) is 22.7. The van der Waals surface area contributed by atoms with Crippen LogP contribution in [0.4, 0.5) is 5.82 Å². The van der Waals surface area contributed by atoms with Crippen molar-refractivity contribution >= 4 is 5.82 Å². The van der Waals surface area contributed by atoms with Gasteiger partial charge in [-0.2, -0.15) is 5.10 Å². The van der Waals surface area contributed by atoms with E-state index in [0.29, 0.717) is 11.8 Å². The molecule has 0 aliphatic carbocycles. The maximum absolute atomic E-state index is 5.86. The van der Waals surface area contributed by atoms with Crippen LogP contribution in [0.1, 0.15) is 11.3 Å². The fourth-order valence-corrected chi connectivity index (χ4v) is 3.54. The third kappa shape index (κ3) is 3.20. The van der Waals surface area contributed by atoms with Gasteiger partial charge in [0.25, 0.3) is 0 Å². The molecule has 0 saturated heterocycles. The summed E-state index contributed by atoms with van der Waals surface area (Å²) in [6.07, 6.45) is 1.11. The highest BCUT2D eigenvalue weighted by Gasteiger charge is 2.21. The van der Waals surface area contributed by atoms with Crippen molar-refractivity contribution in [2.24, 2.45) is 11.8 Å². The highest BCUT2D eigenvalue weighted by Crippen LogP contribution is 2.26. The Balaban J connectivity index is 1.25. The number of ether oxygens (including phenoxy) is 1. The third-order valence-corrected chi connectivity index (χ3v) is 4.73. The quantitative estimate of drug-likeness (QED) is 0.907. The number of benzene rings is 1. The maximum atomic E-state index is 5.86. The van der Waals surface area contributed by atoms with Gasteiger partial charge in [-0.3, -0.25) is 0 Å². The van der Waals surface area contributed by atoms with E-state index < -0.39 is 0 Å². The summed E-state index contributed by atoms with van der Waals surface area (Å²) in [5.74, 6) is 3.35. The lowest BCUT2D eigenvalue weighted by atomic mass is 9.96. The molecule has 1 aromatic carbocycles. The first-order valence-electron chi connectivity index (χ1n) is 8.47. The number of rotatable bonds is 4. The fourth-order valence-electron chi connectivity index (χ4n) is 3.54. The van der Waals surface area contributed by atoms with Gasteiger partial charge in [-0.05, 0) is 25.0 Å². The standard InChI is InChI=1S/C18H24N4O/c1-13-6-18-20-10-15(11-22(18)21-13)9-19-8-14-7-16-4-2-3-5-17(16)23-12-14/h2-6,14-15,19-20H,7-12H2,1H3/t14-,15-/m0/s1. The highest BCUT2D eigenvalue weighted by atomic mass is 16.5. The molecule has 0 saturated carbocycles. The number of hydrogen-bond acceptors (Lipinski definition) is 4. The SMILES string of the molecule is Cc1cc2n(n1)C[C@@H](CNC[C@H]1COc3ccccc3C1)CN2. The summed E-state index contributed by atoms with van der Waals surface area (Å²) in [5.41, 5.74) is 2.42. The van der Waals surface area contributed by atoms with Gasteiger partial charge in [0.05, 0.1) is 12.3 Å². The first-order valence-corrected chi connectivity index (χ1v) is 8.47. The van der Waals surface area contributed by atoms with Crippen molar-refractivity contribution in [3.8, 4) is 5.75 Å². The lowest BCUT2D eigenvalue weighted by molar-refractivity contribution is 0.215. The van der Waals surface area contributed by atoms with Crippen LogP contribution in [-0.4, -0.2) is 36.0 Å². The number of aryl methyl sites for hydroxylation is 1. The van der Waals surface area contributed by atoms with Crippen molar-refractivity contribution in [1.82, 2.24) is 15.1 Å². The van der Waals surface area contributed by atoms with E-state index in [1.54, 1.807) is 0 Å². The Morgan fingerprint density at radius 3 is 3.13 bits per heavy atom. The number of nitrogens with one attached hydrogen (secondary N) is 2. The summed E-state index contributed by atoms with van der Waals surface area (Å²) in [5, 5.41) is 11.6. The molecule has 0 fully saturated rings. The van der Waals surface area contributed by atoms with E-state index in [-0.39, 0.29) is 0 Å². The zero-order valence-electron chi connectivity index (χ0n) is 13.6. The number of hydrogen-bond donors (Lipinski definition) is 2. The molecule has 5 heteroatoms. The molecule has 0 amide bonds. The molecule has 0 radical (unpaired) electrons. The lowest BCUT2D eigenvalue weighted by Gasteiger charge is -2.28. The number of fused-ring (bicyclic) bond motifs is 2. The Morgan fingerprint density at radius 2 is 2.17 bits per heavy atom. The first-order chi connectivity index (χ1) is 11.3. The predicted octanol–water partition coefficient (Wildman–Crippen LogP) is 2.07. The van der Waals surface area contributed by atoms with Crippen LogP contribution in [0.25, 0.3) is 0 Å². The lowest BCUT2D eigenvalue weighted by Crippen LogP contribution is -2.38. The predicted molar refractivity (Wildman–Crippen MR) is 90.9 cm³/mol. The molecule has 0 bridgehead atoms. The fraction of sp³-hybridized carbons (Fsp3) is 0.500. The minimum absolute atomic E-state index is 0.559. The van der Waals surface area contributed by atoms with Gasteiger partial charge in [0.15, 0.2) is 0 Å². The molecule has 2 atom stereocenters. The molecule has 5 nitrogen and oxygen atoms in total. The number of anilines is 1. The van der Waals surface area contributed by atoms with Crippen molar-refractivity contribution in [2.75, 3.05) is 31.6 Å². The summed E-state index contributed by atoms with van der Waals surface area (Å²) < 4.78 is 7.95. The Kier molecular flexibility index (Phi) is 3.95. The van der Waals surface area contributed by atoms with E-state index in [1.807, 2.05) is 13.0 Å². The minimum atomic E-state index is 0.559. The highest BCUT2D eigenvalue weighted by molar-refractivity contribution is 5.38. The van der Waals surface area contributed by atoms with Gasteiger partial charge in [0.2, 0.25) is 0 Å². The Labute approximate surface area is 137 Å². The van der Waals surface area contributed by atoms with E-state index in [2.05, 4.69) is 44.7 Å². The summed E-state index contributed by atoms with van der Waals surface area (Å²) in [6, 6.07) is 10.5. The largest absolute Gasteiger partial charge is 0.493 e. The molecule has 2 aliphatic heterocycles. The van der Waals surface area contributed by atoms with E-state index >= 15 is 0 Å². The van der Waals surface area contributed by atoms with E-state index in [1.165, 1.54) is 5.56 Å². The zero-order valence-corrected chi connectivity index (χ0v) is 13.6. The van der Waals surface area contributed by atoms with Gasteiger partial charge in [0.1, 0.15) is 11.6 Å². The molecule has 2 aliphatic rings. The number of aromatic nitrogens is 2. The second kappa shape index (κ2) is 6.24. The molecule has 3 heterocycles. The minimum Gasteiger partial charge on any atom is -0.493 e. The average Bonchev–Trinajstić information content (AvgIpc) is 2.94. The van der Waals surface area contributed by atoms with Gasteiger partial charge < -0.3 is 15.4 Å². The van der Waals surface area contributed by atoms with Crippen LogP contribution < -0.4 is 15.4 Å². The van der Waals surface area contributed by atoms with Gasteiger partial charge in [-0.1, -0.05) is 18.2 Å². The van der Waals surface area contributed by atoms with E-state index in [9.17, 15) is 0 Å². The van der Waals surface area contributed by atoms with Crippen LogP contribution in [0.3, 0.4) is 0 Å². The van der Waals surface area contributed by atoms with Crippen molar-refractivity contribution in [3.05, 3.63) is 41.6 Å². The van der Waals surface area contributed by atoms with E-state index in [0.717, 1.165) is 56.5 Å². The molecule has 2 N–H and O–H groups in total. The van der Waals surface area contributed by atoms with Gasteiger partial charge in [0, 0.05) is 44.1 Å². The van der Waals surface area contributed by atoms with Gasteiger partial charge in [-0.15, -0.1) is 0 Å². The summed E-state index contributed by atoms with van der Waals surface area (Å²) >= 11 is 0. The molecular formula is C18H24N4O. The molecule has 23 heavy (non-hydrogen) atoms. The smallest absolute Gasteiger partial charge is 0.124 e. The molecule has 0 unspecified atom stereocenters. The molecule has 122 valence electrons. The second-order valence-electron chi connectivity index (χ2n) is 6.75. The summed E-state index contributed by atoms with van der Waals surface area (Å²) in [7, 11) is 0. The van der Waals surface area contributed by atoms with Crippen LogP contribution in [0.15, 0.2) is 30.3 Å². The zero-order chi connectivity index (χ0) is 15.6. The maximum Gasteiger partial charge on any atom is 0.124 e. The van der Waals surface area contributed by atoms with Crippen LogP contribution in [0.5, 0.6) is 5.75 Å². The van der Waals surface area contributed by atoms with Crippen molar-refractivity contribution < 1.29 is 4.74 Å². The van der Waals surface area contributed by atoms with Crippen molar-refractivity contribution in [1.29, 1.82) is 0 Å². The van der Waals surface area contributed by atoms with Crippen molar-refractivity contribution in [2.45, 2.75) is 19.9 Å². The molecule has 0 spiro atoms. The van der Waals surface area contributed by atoms with Gasteiger partial charge >= 0.3 is 0 Å². The molecule has 1 aromatic heterocycles. The summed E-state index contributed by atoms with van der Waals surface area (Å²) in [6.45, 7) is 6.89. The van der Waals surface area contributed by atoms with E-state index in [4.69, 9.17) is 4.74 Å². The Bertz CT molecular complexity index is 681. The Hall–Kier alpha value is -2.01. The number of para-hydroxylation sites is 1. The average molecular weight is 312 g/mol. The Morgan fingerprint density at radius 1 is 1.30 bits per heavy atom.